The van der Waals surface area contributed by atoms with E-state index in [1.807, 2.05) is 12.3 Å². The van der Waals surface area contributed by atoms with E-state index in [2.05, 4.69) is 10.3 Å². The molecule has 7 heteroatoms. The van der Waals surface area contributed by atoms with Crippen LogP contribution in [0, 0.1) is 6.92 Å². The monoisotopic (exact) mass is 283 g/mol. The average Bonchev–Trinajstić information content (AvgIpc) is 3.10. The molecule has 0 atom stereocenters. The van der Waals surface area contributed by atoms with Crippen LogP contribution in [0.4, 0.5) is 4.79 Å². The van der Waals surface area contributed by atoms with Gasteiger partial charge in [0.15, 0.2) is 0 Å². The van der Waals surface area contributed by atoms with Crippen molar-refractivity contribution in [2.24, 2.45) is 0 Å². The van der Waals surface area contributed by atoms with Crippen LogP contribution in [0.1, 0.15) is 23.5 Å². The van der Waals surface area contributed by atoms with E-state index in [9.17, 15) is 9.59 Å². The number of aryl methyl sites for hydroxylation is 1. The summed E-state index contributed by atoms with van der Waals surface area (Å²) < 4.78 is 0. The van der Waals surface area contributed by atoms with Crippen molar-refractivity contribution in [2.75, 3.05) is 13.1 Å². The van der Waals surface area contributed by atoms with E-state index in [4.69, 9.17) is 5.11 Å². The Morgan fingerprint density at radius 2 is 2.32 bits per heavy atom. The first-order valence-electron chi connectivity index (χ1n) is 6.23. The summed E-state index contributed by atoms with van der Waals surface area (Å²) in [6.45, 7) is 2.19. The van der Waals surface area contributed by atoms with Crippen LogP contribution in [-0.2, 0) is 11.2 Å². The van der Waals surface area contributed by atoms with Crippen LogP contribution in [-0.4, -0.2) is 46.1 Å². The molecule has 0 spiro atoms. The van der Waals surface area contributed by atoms with Gasteiger partial charge in [-0.15, -0.1) is 11.3 Å². The van der Waals surface area contributed by atoms with E-state index in [1.165, 1.54) is 4.90 Å². The van der Waals surface area contributed by atoms with Crippen molar-refractivity contribution < 1.29 is 14.7 Å². The number of urea groups is 1. The minimum Gasteiger partial charge on any atom is -0.480 e. The number of carbonyl (C=O) groups is 2. The lowest BCUT2D eigenvalue weighted by Gasteiger charge is -2.20. The van der Waals surface area contributed by atoms with Gasteiger partial charge in [-0.25, -0.2) is 9.78 Å². The Kier molecular flexibility index (Phi) is 4.36. The fourth-order valence-electron chi connectivity index (χ4n) is 1.82. The van der Waals surface area contributed by atoms with Gasteiger partial charge < -0.3 is 15.3 Å². The fraction of sp³-hybridized carbons (Fsp3) is 0.583. The molecule has 6 nitrogen and oxygen atoms in total. The molecule has 1 saturated carbocycles. The summed E-state index contributed by atoms with van der Waals surface area (Å²) in [5.41, 5.74) is 0.957. The van der Waals surface area contributed by atoms with E-state index < -0.39 is 5.97 Å². The van der Waals surface area contributed by atoms with Gasteiger partial charge in [0.2, 0.25) is 0 Å². The fourth-order valence-corrected chi connectivity index (χ4v) is 2.47. The lowest BCUT2D eigenvalue weighted by atomic mass is 10.3. The highest BCUT2D eigenvalue weighted by Crippen LogP contribution is 2.26. The maximum atomic E-state index is 11.9. The smallest absolute Gasteiger partial charge is 0.323 e. The molecule has 2 N–H and O–H groups in total. The molecule has 0 bridgehead atoms. The summed E-state index contributed by atoms with van der Waals surface area (Å²) in [6.07, 6.45) is 2.46. The third-order valence-electron chi connectivity index (χ3n) is 2.88. The minimum absolute atomic E-state index is 0.0950. The number of carboxylic acids is 1. The van der Waals surface area contributed by atoms with Gasteiger partial charge in [0.25, 0.3) is 0 Å². The van der Waals surface area contributed by atoms with Gasteiger partial charge in [-0.2, -0.15) is 0 Å². The van der Waals surface area contributed by atoms with Crippen LogP contribution >= 0.6 is 11.3 Å². The molecule has 1 fully saturated rings. The average molecular weight is 283 g/mol. The number of nitrogens with zero attached hydrogens (tertiary/aromatic N) is 2. The molecule has 1 aliphatic rings. The molecular weight excluding hydrogens is 266 g/mol. The summed E-state index contributed by atoms with van der Waals surface area (Å²) >= 11 is 1.58. The second-order valence-corrected chi connectivity index (χ2v) is 5.65. The van der Waals surface area contributed by atoms with Gasteiger partial charge in [0, 0.05) is 24.4 Å². The lowest BCUT2D eigenvalue weighted by Crippen LogP contribution is -2.44. The first kappa shape index (κ1) is 13.8. The van der Waals surface area contributed by atoms with Gasteiger partial charge in [0.05, 0.1) is 10.7 Å². The second kappa shape index (κ2) is 6.01. The van der Waals surface area contributed by atoms with E-state index in [0.717, 1.165) is 23.5 Å². The van der Waals surface area contributed by atoms with Crippen LogP contribution in [0.15, 0.2) is 5.38 Å². The molecule has 1 aliphatic carbocycles. The van der Waals surface area contributed by atoms with E-state index in [0.29, 0.717) is 13.0 Å². The molecular formula is C12H17N3O3S. The number of aromatic nitrogens is 1. The zero-order valence-corrected chi connectivity index (χ0v) is 11.6. The predicted octanol–water partition coefficient (Wildman–Crippen LogP) is 1.25. The predicted molar refractivity (Wildman–Crippen MR) is 71.3 cm³/mol. The largest absolute Gasteiger partial charge is 0.480 e. The van der Waals surface area contributed by atoms with Crippen LogP contribution in [0.5, 0.6) is 0 Å². The van der Waals surface area contributed by atoms with Crippen molar-refractivity contribution in [1.82, 2.24) is 15.2 Å². The Hall–Kier alpha value is -1.63. The first-order valence-corrected chi connectivity index (χ1v) is 7.11. The normalized spacial score (nSPS) is 14.2. The summed E-state index contributed by atoms with van der Waals surface area (Å²) in [6, 6.07) is -0.200. The molecule has 1 aromatic heterocycles. The van der Waals surface area contributed by atoms with Crippen molar-refractivity contribution in [3.63, 3.8) is 0 Å². The molecule has 0 unspecified atom stereocenters. The number of nitrogens with one attached hydrogen (secondary N) is 1. The molecule has 2 rings (SSSR count). The van der Waals surface area contributed by atoms with Crippen LogP contribution in [0.25, 0.3) is 0 Å². The summed E-state index contributed by atoms with van der Waals surface area (Å²) in [5.74, 6) is -0.975. The number of rotatable bonds is 6. The molecule has 0 aliphatic heterocycles. The number of thiazole rings is 1. The van der Waals surface area contributed by atoms with Gasteiger partial charge in [-0.05, 0) is 19.8 Å². The molecule has 2 amide bonds. The highest BCUT2D eigenvalue weighted by atomic mass is 32.1. The van der Waals surface area contributed by atoms with Gasteiger partial charge >= 0.3 is 12.0 Å². The zero-order chi connectivity index (χ0) is 13.8. The van der Waals surface area contributed by atoms with Crippen molar-refractivity contribution in [1.29, 1.82) is 0 Å². The molecule has 0 aromatic carbocycles. The van der Waals surface area contributed by atoms with Crippen molar-refractivity contribution in [3.8, 4) is 0 Å². The number of carboxylic acid groups (broad SMARTS) is 1. The lowest BCUT2D eigenvalue weighted by molar-refractivity contribution is -0.137. The van der Waals surface area contributed by atoms with Gasteiger partial charge in [-0.3, -0.25) is 4.79 Å². The molecule has 19 heavy (non-hydrogen) atoms. The number of carbonyl (C=O) groups excluding carboxylic acids is 1. The molecule has 104 valence electrons. The molecule has 1 aromatic rings. The van der Waals surface area contributed by atoms with E-state index in [-0.39, 0.29) is 18.6 Å². The molecule has 0 saturated heterocycles. The van der Waals surface area contributed by atoms with Crippen molar-refractivity contribution >= 4 is 23.3 Å². The van der Waals surface area contributed by atoms with Crippen LogP contribution in [0.2, 0.25) is 0 Å². The number of hydrogen-bond donors (Lipinski definition) is 2. The number of hydrogen-bond acceptors (Lipinski definition) is 4. The van der Waals surface area contributed by atoms with E-state index in [1.54, 1.807) is 11.3 Å². The first-order chi connectivity index (χ1) is 9.06. The maximum Gasteiger partial charge on any atom is 0.323 e. The van der Waals surface area contributed by atoms with Gasteiger partial charge in [0.1, 0.15) is 6.54 Å². The Morgan fingerprint density at radius 3 is 2.84 bits per heavy atom. The maximum absolute atomic E-state index is 11.9. The second-order valence-electron chi connectivity index (χ2n) is 4.59. The van der Waals surface area contributed by atoms with Crippen molar-refractivity contribution in [3.05, 3.63) is 16.1 Å². The summed E-state index contributed by atoms with van der Waals surface area (Å²) in [7, 11) is 0. The van der Waals surface area contributed by atoms with E-state index >= 15 is 0 Å². The van der Waals surface area contributed by atoms with Crippen molar-refractivity contribution in [2.45, 2.75) is 32.2 Å². The minimum atomic E-state index is -0.975. The SMILES string of the molecule is Cc1nc(CCNC(=O)N(CC(=O)O)C2CC2)cs1. The Labute approximate surface area is 115 Å². The quantitative estimate of drug-likeness (QED) is 0.823. The number of aliphatic carboxylic acids is 1. The topological polar surface area (TPSA) is 82.5 Å². The Balaban J connectivity index is 1.77. The standard InChI is InChI=1S/C12H17N3O3S/c1-8-14-9(7-19-8)4-5-13-12(18)15(6-11(16)17)10-2-3-10/h7,10H,2-6H2,1H3,(H,13,18)(H,16,17). The summed E-state index contributed by atoms with van der Waals surface area (Å²) in [4.78, 5) is 28.3. The highest BCUT2D eigenvalue weighted by molar-refractivity contribution is 7.09. The van der Waals surface area contributed by atoms with Crippen LogP contribution < -0.4 is 5.32 Å². The number of amides is 2. The molecule has 0 radical (unpaired) electrons. The molecule has 1 heterocycles. The highest BCUT2D eigenvalue weighted by Gasteiger charge is 2.33. The Bertz CT molecular complexity index is 471. The van der Waals surface area contributed by atoms with Crippen LogP contribution in [0.3, 0.4) is 0 Å². The Morgan fingerprint density at radius 1 is 1.58 bits per heavy atom. The third-order valence-corrected chi connectivity index (χ3v) is 3.70. The summed E-state index contributed by atoms with van der Waals surface area (Å²) in [5, 5.41) is 14.5. The third kappa shape index (κ3) is 4.20. The van der Waals surface area contributed by atoms with Gasteiger partial charge in [-0.1, -0.05) is 0 Å². The zero-order valence-electron chi connectivity index (χ0n) is 10.8.